The Bertz CT molecular complexity index is 708. The van der Waals surface area contributed by atoms with Crippen LogP contribution in [0.4, 0.5) is 4.39 Å². The number of halogens is 1. The Kier molecular flexibility index (Phi) is 6.08. The van der Waals surface area contributed by atoms with Gasteiger partial charge < -0.3 is 14.7 Å². The lowest BCUT2D eigenvalue weighted by Crippen LogP contribution is -2.52. The summed E-state index contributed by atoms with van der Waals surface area (Å²) in [5.74, 6) is -0.365. The van der Waals surface area contributed by atoms with Crippen LogP contribution < -0.4 is 0 Å². The van der Waals surface area contributed by atoms with E-state index in [9.17, 15) is 18.8 Å². The highest BCUT2D eigenvalue weighted by molar-refractivity contribution is 5.81. The van der Waals surface area contributed by atoms with E-state index in [4.69, 9.17) is 0 Å². The average Bonchev–Trinajstić information content (AvgIpc) is 2.69. The molecule has 2 saturated heterocycles. The molecule has 0 spiro atoms. The Morgan fingerprint density at radius 2 is 1.52 bits per heavy atom. The largest absolute Gasteiger partial charge is 0.342 e. The summed E-state index contributed by atoms with van der Waals surface area (Å²) in [5.41, 5.74) is 0.407. The third-order valence-corrected chi connectivity index (χ3v) is 5.53. The van der Waals surface area contributed by atoms with Crippen LogP contribution in [-0.4, -0.2) is 71.7 Å². The fourth-order valence-corrected chi connectivity index (χ4v) is 3.79. The number of piperidine rings is 1. The van der Waals surface area contributed by atoms with Crippen LogP contribution in [0.2, 0.25) is 0 Å². The number of carbonyl (C=O) groups excluding carboxylic acids is 3. The summed E-state index contributed by atoms with van der Waals surface area (Å²) >= 11 is 0. The molecule has 0 atom stereocenters. The molecule has 0 radical (unpaired) electrons. The van der Waals surface area contributed by atoms with E-state index in [1.807, 2.05) is 4.90 Å². The van der Waals surface area contributed by atoms with E-state index in [-0.39, 0.29) is 35.9 Å². The second-order valence-corrected chi connectivity index (χ2v) is 7.25. The lowest BCUT2D eigenvalue weighted by molar-refractivity contribution is -0.144. The van der Waals surface area contributed by atoms with Gasteiger partial charge >= 0.3 is 0 Å². The van der Waals surface area contributed by atoms with E-state index < -0.39 is 0 Å². The van der Waals surface area contributed by atoms with E-state index in [1.54, 1.807) is 34.9 Å². The van der Waals surface area contributed by atoms with Gasteiger partial charge in [0, 0.05) is 52.1 Å². The maximum absolute atomic E-state index is 13.7. The van der Waals surface area contributed by atoms with E-state index in [1.165, 1.54) is 6.07 Å². The van der Waals surface area contributed by atoms with Crippen LogP contribution in [0.25, 0.3) is 0 Å². The van der Waals surface area contributed by atoms with Crippen molar-refractivity contribution in [3.63, 3.8) is 0 Å². The molecule has 0 aliphatic carbocycles. The summed E-state index contributed by atoms with van der Waals surface area (Å²) in [6.07, 6.45) is 1.32. The summed E-state index contributed by atoms with van der Waals surface area (Å²) in [6.45, 7) is 4.91. The van der Waals surface area contributed by atoms with E-state index in [0.717, 1.165) is 0 Å². The van der Waals surface area contributed by atoms with Gasteiger partial charge in [0.05, 0.1) is 6.42 Å². The standard InChI is InChI=1S/C20H26FN3O3/c1-15(25)22-10-12-24(13-11-22)20(27)16-6-8-23(9-7-16)19(26)14-17-4-2-3-5-18(17)21/h2-5,16H,6-14H2,1H3. The zero-order valence-electron chi connectivity index (χ0n) is 15.7. The molecular weight excluding hydrogens is 349 g/mol. The molecule has 2 aliphatic rings. The second kappa shape index (κ2) is 8.50. The lowest BCUT2D eigenvalue weighted by Gasteiger charge is -2.38. The number of hydrogen-bond acceptors (Lipinski definition) is 3. The second-order valence-electron chi connectivity index (χ2n) is 7.25. The zero-order valence-corrected chi connectivity index (χ0v) is 15.7. The first-order valence-corrected chi connectivity index (χ1v) is 9.51. The Balaban J connectivity index is 1.47. The predicted molar refractivity (Wildman–Crippen MR) is 98.2 cm³/mol. The smallest absolute Gasteiger partial charge is 0.227 e. The Morgan fingerprint density at radius 1 is 0.926 bits per heavy atom. The summed E-state index contributed by atoms with van der Waals surface area (Å²) in [4.78, 5) is 41.8. The number of likely N-dealkylation sites (tertiary alicyclic amines) is 1. The Labute approximate surface area is 158 Å². The number of piperazine rings is 1. The van der Waals surface area contributed by atoms with Crippen LogP contribution in [0.3, 0.4) is 0 Å². The van der Waals surface area contributed by atoms with Gasteiger partial charge in [-0.1, -0.05) is 18.2 Å². The van der Waals surface area contributed by atoms with Crippen LogP contribution in [0, 0.1) is 11.7 Å². The van der Waals surface area contributed by atoms with Crippen LogP contribution >= 0.6 is 0 Å². The molecule has 0 bridgehead atoms. The summed E-state index contributed by atoms with van der Waals surface area (Å²) in [7, 11) is 0. The number of carbonyl (C=O) groups is 3. The molecule has 146 valence electrons. The van der Waals surface area contributed by atoms with Gasteiger partial charge in [-0.15, -0.1) is 0 Å². The van der Waals surface area contributed by atoms with Crippen molar-refractivity contribution in [2.75, 3.05) is 39.3 Å². The fourth-order valence-electron chi connectivity index (χ4n) is 3.79. The molecule has 0 N–H and O–H groups in total. The molecule has 2 fully saturated rings. The summed E-state index contributed by atoms with van der Waals surface area (Å²) < 4.78 is 13.7. The van der Waals surface area contributed by atoms with Gasteiger partial charge in [0.15, 0.2) is 0 Å². The number of rotatable bonds is 3. The van der Waals surface area contributed by atoms with Crippen LogP contribution in [0.1, 0.15) is 25.3 Å². The number of hydrogen-bond donors (Lipinski definition) is 0. The summed E-state index contributed by atoms with van der Waals surface area (Å²) in [6, 6.07) is 6.32. The quantitative estimate of drug-likeness (QED) is 0.800. The number of amides is 3. The van der Waals surface area contributed by atoms with Gasteiger partial charge in [-0.25, -0.2) is 4.39 Å². The topological polar surface area (TPSA) is 60.9 Å². The van der Waals surface area contributed by atoms with E-state index in [0.29, 0.717) is 57.7 Å². The maximum atomic E-state index is 13.7. The summed E-state index contributed by atoms with van der Waals surface area (Å²) in [5, 5.41) is 0. The molecule has 3 rings (SSSR count). The lowest BCUT2D eigenvalue weighted by atomic mass is 9.94. The first-order valence-electron chi connectivity index (χ1n) is 9.51. The van der Waals surface area contributed by atoms with Crippen molar-refractivity contribution in [2.24, 2.45) is 5.92 Å². The van der Waals surface area contributed by atoms with Gasteiger partial charge in [0.25, 0.3) is 0 Å². The molecule has 1 aromatic rings. The molecule has 0 aromatic heterocycles. The van der Waals surface area contributed by atoms with Crippen molar-refractivity contribution in [3.8, 4) is 0 Å². The van der Waals surface area contributed by atoms with Gasteiger partial charge in [-0.2, -0.15) is 0 Å². The molecule has 0 saturated carbocycles. The molecule has 7 heteroatoms. The SMILES string of the molecule is CC(=O)N1CCN(C(=O)C2CCN(C(=O)Cc3ccccc3F)CC2)CC1. The molecule has 2 heterocycles. The number of nitrogens with zero attached hydrogens (tertiary/aromatic N) is 3. The van der Waals surface area contributed by atoms with Gasteiger partial charge in [-0.3, -0.25) is 14.4 Å². The van der Waals surface area contributed by atoms with E-state index >= 15 is 0 Å². The van der Waals surface area contributed by atoms with Crippen molar-refractivity contribution < 1.29 is 18.8 Å². The van der Waals surface area contributed by atoms with Gasteiger partial charge in [-0.05, 0) is 24.5 Å². The highest BCUT2D eigenvalue weighted by atomic mass is 19.1. The minimum Gasteiger partial charge on any atom is -0.342 e. The van der Waals surface area contributed by atoms with Gasteiger partial charge in [0.2, 0.25) is 17.7 Å². The molecule has 1 aromatic carbocycles. The minimum atomic E-state index is -0.361. The first kappa shape index (κ1) is 19.3. The van der Waals surface area contributed by atoms with Crippen molar-refractivity contribution in [1.29, 1.82) is 0 Å². The third kappa shape index (κ3) is 4.64. The van der Waals surface area contributed by atoms with Gasteiger partial charge in [0.1, 0.15) is 5.82 Å². The average molecular weight is 375 g/mol. The van der Waals surface area contributed by atoms with Crippen molar-refractivity contribution in [2.45, 2.75) is 26.2 Å². The van der Waals surface area contributed by atoms with Crippen molar-refractivity contribution >= 4 is 17.7 Å². The van der Waals surface area contributed by atoms with E-state index in [2.05, 4.69) is 0 Å². The Hall–Kier alpha value is -2.44. The minimum absolute atomic E-state index is 0.0452. The molecule has 6 nitrogen and oxygen atoms in total. The monoisotopic (exact) mass is 375 g/mol. The predicted octanol–water partition coefficient (Wildman–Crippen LogP) is 1.30. The molecular formula is C20H26FN3O3. The fraction of sp³-hybridized carbons (Fsp3) is 0.550. The van der Waals surface area contributed by atoms with Crippen LogP contribution in [0.5, 0.6) is 0 Å². The highest BCUT2D eigenvalue weighted by Gasteiger charge is 2.32. The first-order chi connectivity index (χ1) is 13.0. The molecule has 3 amide bonds. The highest BCUT2D eigenvalue weighted by Crippen LogP contribution is 2.21. The Morgan fingerprint density at radius 3 is 2.11 bits per heavy atom. The molecule has 27 heavy (non-hydrogen) atoms. The van der Waals surface area contributed by atoms with Crippen molar-refractivity contribution in [1.82, 2.24) is 14.7 Å². The molecule has 2 aliphatic heterocycles. The van der Waals surface area contributed by atoms with Crippen molar-refractivity contribution in [3.05, 3.63) is 35.6 Å². The molecule has 0 unspecified atom stereocenters. The van der Waals surface area contributed by atoms with Crippen LogP contribution in [-0.2, 0) is 20.8 Å². The van der Waals surface area contributed by atoms with Crippen LogP contribution in [0.15, 0.2) is 24.3 Å². The number of benzene rings is 1. The zero-order chi connectivity index (χ0) is 19.4. The maximum Gasteiger partial charge on any atom is 0.227 e. The normalized spacial score (nSPS) is 18.5. The third-order valence-electron chi connectivity index (χ3n) is 5.53.